The molecule has 2 unspecified atom stereocenters. The van der Waals surface area contributed by atoms with Crippen molar-refractivity contribution in [3.8, 4) is 11.5 Å². The number of nitrogens with one attached hydrogen (secondary N) is 1. The Bertz CT molecular complexity index is 1350. The lowest BCUT2D eigenvalue weighted by Gasteiger charge is -2.32. The number of benzene rings is 4. The summed E-state index contributed by atoms with van der Waals surface area (Å²) in [6.07, 6.45) is 4.22. The topological polar surface area (TPSA) is 49.0 Å². The van der Waals surface area contributed by atoms with E-state index in [1.54, 1.807) is 0 Å². The van der Waals surface area contributed by atoms with E-state index in [9.17, 15) is 0 Å². The minimum Gasteiger partial charge on any atom is -0.494 e. The van der Waals surface area contributed by atoms with Crippen molar-refractivity contribution in [1.82, 2.24) is 5.32 Å². The van der Waals surface area contributed by atoms with Crippen LogP contribution in [0, 0.1) is 0 Å². The molecule has 1 fully saturated rings. The van der Waals surface area contributed by atoms with Crippen molar-refractivity contribution >= 4 is 23.2 Å². The predicted molar refractivity (Wildman–Crippen MR) is 173 cm³/mol. The van der Waals surface area contributed by atoms with Gasteiger partial charge in [0.15, 0.2) is 0 Å². The number of unbranched alkanes of at least 4 members (excludes halogenated alkanes) is 1. The summed E-state index contributed by atoms with van der Waals surface area (Å²) in [7, 11) is 0. The maximum Gasteiger partial charge on any atom is 0.124 e. The van der Waals surface area contributed by atoms with Gasteiger partial charge in [-0.25, -0.2) is 0 Å². The fourth-order valence-corrected chi connectivity index (χ4v) is 5.35. The quantitative estimate of drug-likeness (QED) is 0.142. The third kappa shape index (κ3) is 9.20. The van der Waals surface area contributed by atoms with Gasteiger partial charge in [0, 0.05) is 24.4 Å². The van der Waals surface area contributed by atoms with Gasteiger partial charge in [0.05, 0.1) is 39.1 Å². The highest BCUT2D eigenvalue weighted by molar-refractivity contribution is 5.85. The van der Waals surface area contributed by atoms with E-state index in [4.69, 9.17) is 18.9 Å². The molecule has 0 bridgehead atoms. The van der Waals surface area contributed by atoms with Crippen molar-refractivity contribution in [2.24, 2.45) is 0 Å². The molecule has 4 aromatic carbocycles. The number of hydrogen-bond acceptors (Lipinski definition) is 5. The van der Waals surface area contributed by atoms with E-state index in [1.807, 2.05) is 18.2 Å². The van der Waals surface area contributed by atoms with E-state index in [-0.39, 0.29) is 18.5 Å². The van der Waals surface area contributed by atoms with Crippen LogP contribution in [0.3, 0.4) is 0 Å². The Hall–Kier alpha value is -3.09. The zero-order valence-electron chi connectivity index (χ0n) is 24.6. The Morgan fingerprint density at radius 2 is 1.55 bits per heavy atom. The van der Waals surface area contributed by atoms with Gasteiger partial charge in [0.2, 0.25) is 0 Å². The van der Waals surface area contributed by atoms with Crippen molar-refractivity contribution in [1.29, 1.82) is 0 Å². The second-order valence-corrected chi connectivity index (χ2v) is 10.8. The molecule has 5 rings (SSSR count). The summed E-state index contributed by atoms with van der Waals surface area (Å²) in [4.78, 5) is 0. The van der Waals surface area contributed by atoms with Gasteiger partial charge < -0.3 is 24.3 Å². The second kappa shape index (κ2) is 17.1. The minimum absolute atomic E-state index is 0. The van der Waals surface area contributed by atoms with E-state index in [1.165, 1.54) is 21.9 Å². The summed E-state index contributed by atoms with van der Waals surface area (Å²) >= 11 is 0. The molecule has 2 atom stereocenters. The molecule has 0 spiro atoms. The van der Waals surface area contributed by atoms with E-state index >= 15 is 0 Å². The number of ether oxygens (including phenoxy) is 4. The SMILES string of the molecule is CCCCOc1ccccc1COCCCOc1ccc(C2CCNCC2OCc2ccc3ccccc3c2)cc1.Cl. The van der Waals surface area contributed by atoms with E-state index in [0.717, 1.165) is 62.4 Å². The molecular formula is C36H44ClNO4. The molecular weight excluding hydrogens is 546 g/mol. The summed E-state index contributed by atoms with van der Waals surface area (Å²) < 4.78 is 24.3. The minimum atomic E-state index is 0. The summed E-state index contributed by atoms with van der Waals surface area (Å²) in [5, 5.41) is 6.03. The zero-order chi connectivity index (χ0) is 28.1. The molecule has 5 nitrogen and oxygen atoms in total. The van der Waals surface area contributed by atoms with Crippen LogP contribution in [-0.2, 0) is 22.7 Å². The summed E-state index contributed by atoms with van der Waals surface area (Å²) in [6.45, 7) is 7.23. The molecule has 0 aliphatic carbocycles. The molecule has 0 amide bonds. The monoisotopic (exact) mass is 589 g/mol. The molecule has 0 radical (unpaired) electrons. The van der Waals surface area contributed by atoms with Crippen molar-refractivity contribution in [3.05, 3.63) is 108 Å². The van der Waals surface area contributed by atoms with Crippen LogP contribution >= 0.6 is 12.4 Å². The third-order valence-corrected chi connectivity index (χ3v) is 7.70. The smallest absolute Gasteiger partial charge is 0.124 e. The lowest BCUT2D eigenvalue weighted by Crippen LogP contribution is -2.40. The Kier molecular flexibility index (Phi) is 13.0. The molecule has 0 saturated carbocycles. The fraction of sp³-hybridized carbons (Fsp3) is 0.389. The van der Waals surface area contributed by atoms with Crippen LogP contribution in [0.15, 0.2) is 91.0 Å². The molecule has 1 aliphatic rings. The molecule has 1 aliphatic heterocycles. The van der Waals surface area contributed by atoms with Crippen LogP contribution < -0.4 is 14.8 Å². The highest BCUT2D eigenvalue weighted by Crippen LogP contribution is 2.30. The number of halogens is 1. The van der Waals surface area contributed by atoms with Gasteiger partial charge in [-0.05, 0) is 65.6 Å². The van der Waals surface area contributed by atoms with Gasteiger partial charge >= 0.3 is 0 Å². The summed E-state index contributed by atoms with van der Waals surface area (Å²) in [5.74, 6) is 2.19. The summed E-state index contributed by atoms with van der Waals surface area (Å²) in [6, 6.07) is 31.8. The molecule has 224 valence electrons. The van der Waals surface area contributed by atoms with Crippen molar-refractivity contribution in [3.63, 3.8) is 0 Å². The zero-order valence-corrected chi connectivity index (χ0v) is 25.5. The van der Waals surface area contributed by atoms with Gasteiger partial charge in [-0.1, -0.05) is 80.1 Å². The first-order valence-corrected chi connectivity index (χ1v) is 15.1. The lowest BCUT2D eigenvalue weighted by molar-refractivity contribution is 0.0106. The standard InChI is InChI=1S/C36H43NO4.ClH/c1-2-3-22-40-35-12-7-6-11-32(35)27-38-21-8-23-39-33-17-15-30(16-18-33)34-19-20-37-25-36(34)41-26-28-13-14-29-9-4-5-10-31(29)24-28;/h4-7,9-18,24,34,36-37H,2-3,8,19-23,25-27H2,1H3;1H. The molecule has 0 aromatic heterocycles. The highest BCUT2D eigenvalue weighted by Gasteiger charge is 2.27. The summed E-state index contributed by atoms with van der Waals surface area (Å²) in [5.41, 5.74) is 3.62. The average molecular weight is 590 g/mol. The molecule has 42 heavy (non-hydrogen) atoms. The van der Waals surface area contributed by atoms with Crippen LogP contribution in [0.25, 0.3) is 10.8 Å². The van der Waals surface area contributed by atoms with Crippen molar-refractivity contribution < 1.29 is 18.9 Å². The Balaban J connectivity index is 0.00000405. The van der Waals surface area contributed by atoms with Gasteiger partial charge in [-0.15, -0.1) is 12.4 Å². The van der Waals surface area contributed by atoms with Crippen molar-refractivity contribution in [2.75, 3.05) is 32.9 Å². The Labute approximate surface area is 256 Å². The number of para-hydroxylation sites is 1. The highest BCUT2D eigenvalue weighted by atomic mass is 35.5. The van der Waals surface area contributed by atoms with E-state index in [2.05, 4.69) is 85.0 Å². The molecule has 1 heterocycles. The van der Waals surface area contributed by atoms with Crippen LogP contribution in [-0.4, -0.2) is 39.0 Å². The average Bonchev–Trinajstić information content (AvgIpc) is 3.03. The Morgan fingerprint density at radius 1 is 0.762 bits per heavy atom. The maximum atomic E-state index is 6.47. The first-order chi connectivity index (χ1) is 20.3. The lowest BCUT2D eigenvalue weighted by atomic mass is 9.87. The first-order valence-electron chi connectivity index (χ1n) is 15.1. The Morgan fingerprint density at radius 3 is 2.40 bits per heavy atom. The fourth-order valence-electron chi connectivity index (χ4n) is 5.35. The van der Waals surface area contributed by atoms with Crippen molar-refractivity contribution in [2.45, 2.75) is 57.8 Å². The van der Waals surface area contributed by atoms with E-state index < -0.39 is 0 Å². The normalized spacial score (nSPS) is 16.6. The number of hydrogen-bond donors (Lipinski definition) is 1. The van der Waals surface area contributed by atoms with E-state index in [0.29, 0.717) is 32.3 Å². The van der Waals surface area contributed by atoms with Crippen LogP contribution in [0.2, 0.25) is 0 Å². The molecule has 4 aromatic rings. The maximum absolute atomic E-state index is 6.47. The first kappa shape index (κ1) is 31.8. The van der Waals surface area contributed by atoms with Gasteiger partial charge in [0.25, 0.3) is 0 Å². The molecule has 6 heteroatoms. The second-order valence-electron chi connectivity index (χ2n) is 10.8. The number of rotatable bonds is 15. The van der Waals surface area contributed by atoms with Crippen LogP contribution in [0.1, 0.15) is 55.2 Å². The largest absolute Gasteiger partial charge is 0.494 e. The van der Waals surface area contributed by atoms with Gasteiger partial charge in [-0.2, -0.15) is 0 Å². The number of piperidine rings is 1. The van der Waals surface area contributed by atoms with Crippen LogP contribution in [0.4, 0.5) is 0 Å². The van der Waals surface area contributed by atoms with Gasteiger partial charge in [-0.3, -0.25) is 0 Å². The third-order valence-electron chi connectivity index (χ3n) is 7.70. The van der Waals surface area contributed by atoms with Crippen LogP contribution in [0.5, 0.6) is 11.5 Å². The number of fused-ring (bicyclic) bond motifs is 1. The molecule has 1 saturated heterocycles. The van der Waals surface area contributed by atoms with Gasteiger partial charge in [0.1, 0.15) is 11.5 Å². The molecule has 1 N–H and O–H groups in total. The predicted octanol–water partition coefficient (Wildman–Crippen LogP) is 8.09.